The lowest BCUT2D eigenvalue weighted by molar-refractivity contribution is 0.0694. The third-order valence-corrected chi connectivity index (χ3v) is 2.30. The average molecular weight is 222 g/mol. The van der Waals surface area contributed by atoms with E-state index in [1.54, 1.807) is 6.07 Å². The van der Waals surface area contributed by atoms with Crippen LogP contribution in [0.2, 0.25) is 0 Å². The van der Waals surface area contributed by atoms with Gasteiger partial charge in [0, 0.05) is 0 Å². The summed E-state index contributed by atoms with van der Waals surface area (Å²) in [6.07, 6.45) is 0. The summed E-state index contributed by atoms with van der Waals surface area (Å²) in [6, 6.07) is 4.19. The lowest BCUT2D eigenvalue weighted by atomic mass is 9.83. The van der Waals surface area contributed by atoms with Crippen LogP contribution in [0.25, 0.3) is 0 Å². The van der Waals surface area contributed by atoms with Crippen molar-refractivity contribution in [3.8, 4) is 0 Å². The highest BCUT2D eigenvalue weighted by atomic mass is 16.4. The molecule has 0 aliphatic carbocycles. The number of benzene rings is 1. The van der Waals surface area contributed by atoms with Crippen LogP contribution < -0.4 is 0 Å². The normalized spacial score (nSPS) is 11.2. The average Bonchev–Trinajstić information content (AvgIpc) is 2.15. The highest BCUT2D eigenvalue weighted by Crippen LogP contribution is 2.26. The van der Waals surface area contributed by atoms with E-state index < -0.39 is 11.9 Å². The van der Waals surface area contributed by atoms with Crippen LogP contribution in [-0.4, -0.2) is 22.2 Å². The topological polar surface area (TPSA) is 74.6 Å². The van der Waals surface area contributed by atoms with E-state index >= 15 is 0 Å². The summed E-state index contributed by atoms with van der Waals surface area (Å²) in [6.45, 7) is 5.65. The van der Waals surface area contributed by atoms with E-state index in [2.05, 4.69) is 0 Å². The highest BCUT2D eigenvalue weighted by molar-refractivity contribution is 5.95. The van der Waals surface area contributed by atoms with Crippen LogP contribution in [0.4, 0.5) is 0 Å². The summed E-state index contributed by atoms with van der Waals surface area (Å²) in [7, 11) is 0. The van der Waals surface area contributed by atoms with Crippen LogP contribution in [0, 0.1) is 0 Å². The van der Waals surface area contributed by atoms with Crippen LogP contribution in [0.1, 0.15) is 47.1 Å². The second-order valence-electron chi connectivity index (χ2n) is 4.62. The first-order valence-electron chi connectivity index (χ1n) is 4.84. The SMILES string of the molecule is CC(C)(C)c1ccc(C(=O)O)cc1C(=O)O. The lowest BCUT2D eigenvalue weighted by Crippen LogP contribution is -2.17. The minimum Gasteiger partial charge on any atom is -0.478 e. The number of aromatic carboxylic acids is 2. The summed E-state index contributed by atoms with van der Waals surface area (Å²) in [5.41, 5.74) is 0.341. The molecule has 0 saturated heterocycles. The summed E-state index contributed by atoms with van der Waals surface area (Å²) >= 11 is 0. The van der Waals surface area contributed by atoms with Crippen molar-refractivity contribution >= 4 is 11.9 Å². The molecule has 0 spiro atoms. The van der Waals surface area contributed by atoms with E-state index in [4.69, 9.17) is 10.2 Å². The molecule has 2 N–H and O–H groups in total. The van der Waals surface area contributed by atoms with Gasteiger partial charge in [0.05, 0.1) is 11.1 Å². The van der Waals surface area contributed by atoms with Gasteiger partial charge >= 0.3 is 11.9 Å². The van der Waals surface area contributed by atoms with Gasteiger partial charge in [-0.3, -0.25) is 0 Å². The zero-order chi connectivity index (χ0) is 12.5. The number of hydrogen-bond donors (Lipinski definition) is 2. The van der Waals surface area contributed by atoms with Crippen LogP contribution in [0.15, 0.2) is 18.2 Å². The third kappa shape index (κ3) is 2.39. The van der Waals surface area contributed by atoms with Crippen molar-refractivity contribution in [3.63, 3.8) is 0 Å². The molecule has 0 amide bonds. The molecule has 4 heteroatoms. The molecule has 0 fully saturated rings. The minimum atomic E-state index is -1.12. The molecule has 86 valence electrons. The predicted molar refractivity (Wildman–Crippen MR) is 59.1 cm³/mol. The molecule has 0 heterocycles. The Morgan fingerprint density at radius 1 is 1.06 bits per heavy atom. The Hall–Kier alpha value is -1.84. The highest BCUT2D eigenvalue weighted by Gasteiger charge is 2.22. The van der Waals surface area contributed by atoms with Gasteiger partial charge in [-0.2, -0.15) is 0 Å². The Labute approximate surface area is 93.5 Å². The number of carboxylic acid groups (broad SMARTS) is 2. The van der Waals surface area contributed by atoms with Crippen LogP contribution >= 0.6 is 0 Å². The second-order valence-corrected chi connectivity index (χ2v) is 4.62. The van der Waals surface area contributed by atoms with Gasteiger partial charge in [0.1, 0.15) is 0 Å². The van der Waals surface area contributed by atoms with E-state index in [9.17, 15) is 9.59 Å². The molecule has 0 atom stereocenters. The maximum absolute atomic E-state index is 11.1. The molecule has 0 bridgehead atoms. The van der Waals surface area contributed by atoms with E-state index in [-0.39, 0.29) is 16.5 Å². The molecule has 1 rings (SSSR count). The smallest absolute Gasteiger partial charge is 0.336 e. The van der Waals surface area contributed by atoms with Gasteiger partial charge in [0.25, 0.3) is 0 Å². The van der Waals surface area contributed by atoms with Crippen molar-refractivity contribution in [2.75, 3.05) is 0 Å². The molecular weight excluding hydrogens is 208 g/mol. The molecule has 0 saturated carbocycles. The first-order chi connectivity index (χ1) is 7.23. The van der Waals surface area contributed by atoms with Gasteiger partial charge in [-0.05, 0) is 23.1 Å². The molecule has 0 aliphatic rings. The van der Waals surface area contributed by atoms with Crippen molar-refractivity contribution < 1.29 is 19.8 Å². The largest absolute Gasteiger partial charge is 0.478 e. The van der Waals surface area contributed by atoms with Gasteiger partial charge in [-0.25, -0.2) is 9.59 Å². The van der Waals surface area contributed by atoms with Gasteiger partial charge in [-0.15, -0.1) is 0 Å². The maximum atomic E-state index is 11.1. The first kappa shape index (κ1) is 12.2. The lowest BCUT2D eigenvalue weighted by Gasteiger charge is -2.21. The molecule has 1 aromatic carbocycles. The maximum Gasteiger partial charge on any atom is 0.336 e. The van der Waals surface area contributed by atoms with E-state index in [1.165, 1.54) is 12.1 Å². The summed E-state index contributed by atoms with van der Waals surface area (Å²) in [5, 5.41) is 17.8. The van der Waals surface area contributed by atoms with Crippen molar-refractivity contribution in [1.29, 1.82) is 0 Å². The quantitative estimate of drug-likeness (QED) is 0.805. The Kier molecular flexibility index (Phi) is 3.03. The van der Waals surface area contributed by atoms with Gasteiger partial charge < -0.3 is 10.2 Å². The zero-order valence-electron chi connectivity index (χ0n) is 9.44. The Bertz CT molecular complexity index is 441. The fourth-order valence-corrected chi connectivity index (χ4v) is 1.51. The van der Waals surface area contributed by atoms with E-state index in [1.807, 2.05) is 20.8 Å². The summed E-state index contributed by atoms with van der Waals surface area (Å²) < 4.78 is 0. The van der Waals surface area contributed by atoms with Crippen molar-refractivity contribution in [1.82, 2.24) is 0 Å². The van der Waals surface area contributed by atoms with Crippen molar-refractivity contribution in [2.24, 2.45) is 0 Å². The number of carbonyl (C=O) groups is 2. The number of hydrogen-bond acceptors (Lipinski definition) is 2. The summed E-state index contributed by atoms with van der Waals surface area (Å²) in [5.74, 6) is -2.23. The van der Waals surface area contributed by atoms with Gasteiger partial charge in [-0.1, -0.05) is 26.8 Å². The third-order valence-electron chi connectivity index (χ3n) is 2.30. The summed E-state index contributed by atoms with van der Waals surface area (Å²) in [4.78, 5) is 21.8. The van der Waals surface area contributed by atoms with Crippen LogP contribution in [-0.2, 0) is 5.41 Å². The van der Waals surface area contributed by atoms with Crippen molar-refractivity contribution in [3.05, 3.63) is 34.9 Å². The fourth-order valence-electron chi connectivity index (χ4n) is 1.51. The minimum absolute atomic E-state index is 0.00889. The number of carboxylic acids is 2. The molecule has 4 nitrogen and oxygen atoms in total. The Morgan fingerprint density at radius 2 is 1.62 bits per heavy atom. The molecule has 0 aromatic heterocycles. The Balaban J connectivity index is 3.43. The molecule has 0 aliphatic heterocycles. The molecule has 0 unspecified atom stereocenters. The van der Waals surface area contributed by atoms with E-state index in [0.717, 1.165) is 0 Å². The fraction of sp³-hybridized carbons (Fsp3) is 0.333. The monoisotopic (exact) mass is 222 g/mol. The molecule has 0 radical (unpaired) electrons. The zero-order valence-corrected chi connectivity index (χ0v) is 9.44. The molecular formula is C12H14O4. The molecule has 16 heavy (non-hydrogen) atoms. The Morgan fingerprint density at radius 3 is 2.00 bits per heavy atom. The standard InChI is InChI=1S/C12H14O4/c1-12(2,3)9-5-4-7(10(13)14)6-8(9)11(15)16/h4-6H,1-3H3,(H,13,14)(H,15,16). The van der Waals surface area contributed by atoms with Crippen molar-refractivity contribution in [2.45, 2.75) is 26.2 Å². The van der Waals surface area contributed by atoms with Gasteiger partial charge in [0.2, 0.25) is 0 Å². The predicted octanol–water partition coefficient (Wildman–Crippen LogP) is 2.38. The first-order valence-corrected chi connectivity index (χ1v) is 4.84. The van der Waals surface area contributed by atoms with Crippen LogP contribution in [0.3, 0.4) is 0 Å². The number of rotatable bonds is 2. The van der Waals surface area contributed by atoms with Crippen LogP contribution in [0.5, 0.6) is 0 Å². The van der Waals surface area contributed by atoms with E-state index in [0.29, 0.717) is 5.56 Å². The second kappa shape index (κ2) is 3.96. The molecule has 1 aromatic rings. The van der Waals surface area contributed by atoms with Gasteiger partial charge in [0.15, 0.2) is 0 Å².